The van der Waals surface area contributed by atoms with Crippen molar-refractivity contribution in [2.75, 3.05) is 13.2 Å². The van der Waals surface area contributed by atoms with Crippen molar-refractivity contribution >= 4 is 0 Å². The molecular weight excluding hydrogens is 238 g/mol. The molecule has 0 heterocycles. The van der Waals surface area contributed by atoms with Gasteiger partial charge in [0.15, 0.2) is 0 Å². The molecule has 19 heavy (non-hydrogen) atoms. The molecule has 3 nitrogen and oxygen atoms in total. The lowest BCUT2D eigenvalue weighted by atomic mass is 9.87. The smallest absolute Gasteiger partial charge is 0.119 e. The first-order chi connectivity index (χ1) is 9.29. The summed E-state index contributed by atoms with van der Waals surface area (Å²) >= 11 is 0. The third-order valence-electron chi connectivity index (χ3n) is 3.90. The fourth-order valence-electron chi connectivity index (χ4n) is 2.68. The minimum Gasteiger partial charge on any atom is -0.493 e. The zero-order valence-electron chi connectivity index (χ0n) is 11.6. The molecule has 0 aromatic heterocycles. The van der Waals surface area contributed by atoms with Gasteiger partial charge in [0.2, 0.25) is 0 Å². The Labute approximate surface area is 115 Å². The first-order valence-corrected chi connectivity index (χ1v) is 7.39. The standard InChI is InChI=1S/C16H25NO2/c17-10-4-6-13-5-3-8-15(11-13)19-12-14-7-1-2-9-16(14)18/h3,5,8,11,14,16,18H,1-2,4,6-7,9-10,12,17H2/t14?,16-/m1/s1. The number of hydrogen-bond acceptors (Lipinski definition) is 3. The maximum atomic E-state index is 9.92. The summed E-state index contributed by atoms with van der Waals surface area (Å²) < 4.78 is 5.85. The van der Waals surface area contributed by atoms with Gasteiger partial charge in [0.1, 0.15) is 5.75 Å². The first kappa shape index (κ1) is 14.4. The molecule has 0 bridgehead atoms. The number of hydrogen-bond donors (Lipinski definition) is 2. The third kappa shape index (κ3) is 4.51. The van der Waals surface area contributed by atoms with Crippen LogP contribution in [0.1, 0.15) is 37.7 Å². The van der Waals surface area contributed by atoms with Gasteiger partial charge in [-0.1, -0.05) is 25.0 Å². The second-order valence-electron chi connectivity index (χ2n) is 5.46. The molecule has 2 rings (SSSR count). The maximum absolute atomic E-state index is 9.92. The van der Waals surface area contributed by atoms with Crippen LogP contribution < -0.4 is 10.5 Å². The zero-order chi connectivity index (χ0) is 13.5. The lowest BCUT2D eigenvalue weighted by Gasteiger charge is -2.27. The van der Waals surface area contributed by atoms with Crippen LogP contribution in [0.4, 0.5) is 0 Å². The molecule has 1 aromatic carbocycles. The fourth-order valence-corrected chi connectivity index (χ4v) is 2.68. The molecule has 0 radical (unpaired) electrons. The topological polar surface area (TPSA) is 55.5 Å². The summed E-state index contributed by atoms with van der Waals surface area (Å²) in [4.78, 5) is 0. The molecule has 0 saturated heterocycles. The second kappa shape index (κ2) is 7.51. The molecule has 0 aliphatic heterocycles. The highest BCUT2D eigenvalue weighted by atomic mass is 16.5. The Hall–Kier alpha value is -1.06. The van der Waals surface area contributed by atoms with Crippen LogP contribution in [0, 0.1) is 5.92 Å². The summed E-state index contributed by atoms with van der Waals surface area (Å²) in [6.07, 6.45) is 6.17. The number of nitrogens with two attached hydrogens (primary N) is 1. The number of benzene rings is 1. The van der Waals surface area contributed by atoms with E-state index >= 15 is 0 Å². The van der Waals surface area contributed by atoms with E-state index < -0.39 is 0 Å². The minimum atomic E-state index is -0.186. The number of aryl methyl sites for hydroxylation is 1. The van der Waals surface area contributed by atoms with E-state index in [1.807, 2.05) is 12.1 Å². The Morgan fingerprint density at radius 1 is 1.26 bits per heavy atom. The quantitative estimate of drug-likeness (QED) is 0.829. The van der Waals surface area contributed by atoms with Crippen molar-refractivity contribution in [3.05, 3.63) is 29.8 Å². The van der Waals surface area contributed by atoms with Gasteiger partial charge in [-0.05, 0) is 49.9 Å². The van der Waals surface area contributed by atoms with E-state index in [0.29, 0.717) is 12.5 Å². The molecule has 0 spiro atoms. The van der Waals surface area contributed by atoms with Gasteiger partial charge in [0, 0.05) is 5.92 Å². The SMILES string of the molecule is NCCCc1cccc(OCC2CCCC[C@H]2O)c1. The van der Waals surface area contributed by atoms with E-state index in [-0.39, 0.29) is 6.10 Å². The van der Waals surface area contributed by atoms with Crippen molar-refractivity contribution in [2.24, 2.45) is 11.7 Å². The summed E-state index contributed by atoms with van der Waals surface area (Å²) in [5.74, 6) is 1.20. The Morgan fingerprint density at radius 2 is 2.11 bits per heavy atom. The van der Waals surface area contributed by atoms with Gasteiger partial charge in [-0.3, -0.25) is 0 Å². The summed E-state index contributed by atoms with van der Waals surface area (Å²) in [7, 11) is 0. The van der Waals surface area contributed by atoms with Gasteiger partial charge >= 0.3 is 0 Å². The molecule has 1 aliphatic carbocycles. The van der Waals surface area contributed by atoms with E-state index in [4.69, 9.17) is 10.5 Å². The first-order valence-electron chi connectivity index (χ1n) is 7.39. The highest BCUT2D eigenvalue weighted by Gasteiger charge is 2.23. The lowest BCUT2D eigenvalue weighted by Crippen LogP contribution is -2.29. The average Bonchev–Trinajstić information content (AvgIpc) is 2.45. The Morgan fingerprint density at radius 3 is 2.89 bits per heavy atom. The van der Waals surface area contributed by atoms with Gasteiger partial charge in [-0.15, -0.1) is 0 Å². The number of ether oxygens (including phenoxy) is 1. The largest absolute Gasteiger partial charge is 0.493 e. The van der Waals surface area contributed by atoms with Crippen molar-refractivity contribution < 1.29 is 9.84 Å². The number of aliphatic hydroxyl groups is 1. The average molecular weight is 263 g/mol. The summed E-state index contributed by atoms with van der Waals surface area (Å²) in [5.41, 5.74) is 6.80. The molecular formula is C16H25NO2. The van der Waals surface area contributed by atoms with Crippen molar-refractivity contribution in [3.63, 3.8) is 0 Å². The zero-order valence-corrected chi connectivity index (χ0v) is 11.6. The van der Waals surface area contributed by atoms with E-state index in [1.54, 1.807) is 0 Å². The van der Waals surface area contributed by atoms with Crippen molar-refractivity contribution in [1.82, 2.24) is 0 Å². The third-order valence-corrected chi connectivity index (χ3v) is 3.90. The Balaban J connectivity index is 1.84. The predicted octanol–water partition coefficient (Wildman–Crippen LogP) is 2.51. The molecule has 1 aliphatic rings. The molecule has 3 N–H and O–H groups in total. The number of rotatable bonds is 6. The lowest BCUT2D eigenvalue weighted by molar-refractivity contribution is 0.0422. The monoisotopic (exact) mass is 263 g/mol. The molecule has 1 saturated carbocycles. The van der Waals surface area contributed by atoms with Crippen molar-refractivity contribution in [3.8, 4) is 5.75 Å². The van der Waals surface area contributed by atoms with Crippen LogP contribution in [-0.2, 0) is 6.42 Å². The van der Waals surface area contributed by atoms with Gasteiger partial charge in [-0.2, -0.15) is 0 Å². The van der Waals surface area contributed by atoms with Crippen LogP contribution in [0.5, 0.6) is 5.75 Å². The van der Waals surface area contributed by atoms with Crippen molar-refractivity contribution in [1.29, 1.82) is 0 Å². The van der Waals surface area contributed by atoms with Crippen LogP contribution in [0.25, 0.3) is 0 Å². The molecule has 1 aromatic rings. The fraction of sp³-hybridized carbons (Fsp3) is 0.625. The van der Waals surface area contributed by atoms with E-state index in [1.165, 1.54) is 12.0 Å². The van der Waals surface area contributed by atoms with Gasteiger partial charge in [0.05, 0.1) is 12.7 Å². The van der Waals surface area contributed by atoms with Crippen LogP contribution in [0.15, 0.2) is 24.3 Å². The van der Waals surface area contributed by atoms with Crippen LogP contribution in [0.2, 0.25) is 0 Å². The molecule has 106 valence electrons. The second-order valence-corrected chi connectivity index (χ2v) is 5.46. The molecule has 0 amide bonds. The summed E-state index contributed by atoms with van der Waals surface area (Å²) in [6, 6.07) is 8.21. The Kier molecular flexibility index (Phi) is 5.67. The van der Waals surface area contributed by atoms with E-state index in [2.05, 4.69) is 12.1 Å². The van der Waals surface area contributed by atoms with Crippen LogP contribution in [-0.4, -0.2) is 24.4 Å². The van der Waals surface area contributed by atoms with E-state index in [0.717, 1.165) is 44.4 Å². The maximum Gasteiger partial charge on any atom is 0.119 e. The molecule has 2 atom stereocenters. The highest BCUT2D eigenvalue weighted by molar-refractivity contribution is 5.28. The van der Waals surface area contributed by atoms with Gasteiger partial charge in [-0.25, -0.2) is 0 Å². The summed E-state index contributed by atoms with van der Waals surface area (Å²) in [5, 5.41) is 9.92. The van der Waals surface area contributed by atoms with Crippen LogP contribution in [0.3, 0.4) is 0 Å². The van der Waals surface area contributed by atoms with E-state index in [9.17, 15) is 5.11 Å². The number of aliphatic hydroxyl groups excluding tert-OH is 1. The van der Waals surface area contributed by atoms with Gasteiger partial charge < -0.3 is 15.6 Å². The summed E-state index contributed by atoms with van der Waals surface area (Å²) in [6.45, 7) is 1.35. The van der Waals surface area contributed by atoms with Gasteiger partial charge in [0.25, 0.3) is 0 Å². The van der Waals surface area contributed by atoms with Crippen molar-refractivity contribution in [2.45, 2.75) is 44.6 Å². The Bertz CT molecular complexity index is 381. The highest BCUT2D eigenvalue weighted by Crippen LogP contribution is 2.25. The molecule has 3 heteroatoms. The normalized spacial score (nSPS) is 23.3. The predicted molar refractivity (Wildman–Crippen MR) is 77.3 cm³/mol. The minimum absolute atomic E-state index is 0.186. The molecule has 1 fully saturated rings. The van der Waals surface area contributed by atoms with Crippen LogP contribution >= 0.6 is 0 Å². The molecule has 1 unspecified atom stereocenters.